The third-order valence-electron chi connectivity index (χ3n) is 4.60. The standard InChI is InChI=1S/C20H23N3O4S2/c1-4-17-8-16(10-21)20(28-17)22-19(24)15-6-5-7-18(9-15)29(25,26)23-11-13(2)27-14(3)12-23/h5-9,13-14H,4,11-12H2,1-3H3,(H,22,24). The van der Waals surface area contributed by atoms with E-state index in [1.165, 1.54) is 27.8 Å². The summed E-state index contributed by atoms with van der Waals surface area (Å²) >= 11 is 1.35. The van der Waals surface area contributed by atoms with Crippen molar-refractivity contribution in [3.63, 3.8) is 0 Å². The Kier molecular flexibility index (Phi) is 6.39. The number of carbonyl (C=O) groups is 1. The second-order valence-electron chi connectivity index (χ2n) is 6.98. The molecule has 0 aliphatic carbocycles. The van der Waals surface area contributed by atoms with Gasteiger partial charge in [-0.2, -0.15) is 9.57 Å². The molecular weight excluding hydrogens is 410 g/mol. The quantitative estimate of drug-likeness (QED) is 0.780. The first-order valence-corrected chi connectivity index (χ1v) is 11.6. The topological polar surface area (TPSA) is 99.5 Å². The molecule has 1 fully saturated rings. The van der Waals surface area contributed by atoms with Crippen molar-refractivity contribution in [3.05, 3.63) is 46.3 Å². The van der Waals surface area contributed by atoms with Gasteiger partial charge >= 0.3 is 0 Å². The van der Waals surface area contributed by atoms with Crippen molar-refractivity contribution >= 4 is 32.3 Å². The minimum Gasteiger partial charge on any atom is -0.373 e. The zero-order valence-electron chi connectivity index (χ0n) is 16.5. The second kappa shape index (κ2) is 8.63. The number of nitriles is 1. The number of ether oxygens (including phenoxy) is 1. The number of nitrogens with one attached hydrogen (secondary N) is 1. The van der Waals surface area contributed by atoms with Gasteiger partial charge < -0.3 is 10.1 Å². The molecule has 1 aliphatic heterocycles. The van der Waals surface area contributed by atoms with E-state index in [2.05, 4.69) is 11.4 Å². The minimum absolute atomic E-state index is 0.0624. The van der Waals surface area contributed by atoms with Gasteiger partial charge in [-0.05, 0) is 44.5 Å². The van der Waals surface area contributed by atoms with E-state index in [1.54, 1.807) is 18.2 Å². The van der Waals surface area contributed by atoms with Gasteiger partial charge in [0.25, 0.3) is 5.91 Å². The summed E-state index contributed by atoms with van der Waals surface area (Å²) in [6.45, 7) is 6.17. The van der Waals surface area contributed by atoms with Crippen LogP contribution in [0.3, 0.4) is 0 Å². The van der Waals surface area contributed by atoms with E-state index in [0.29, 0.717) is 10.6 Å². The van der Waals surface area contributed by atoms with Crippen LogP contribution >= 0.6 is 11.3 Å². The average Bonchev–Trinajstić information content (AvgIpc) is 3.09. The van der Waals surface area contributed by atoms with E-state index in [9.17, 15) is 18.5 Å². The zero-order valence-corrected chi connectivity index (χ0v) is 18.1. The molecule has 1 aromatic heterocycles. The van der Waals surface area contributed by atoms with Crippen LogP contribution in [0.25, 0.3) is 0 Å². The fraction of sp³-hybridized carbons (Fsp3) is 0.400. The Morgan fingerprint density at radius 2 is 2.00 bits per heavy atom. The van der Waals surface area contributed by atoms with Crippen LogP contribution in [-0.4, -0.2) is 43.9 Å². The SMILES string of the molecule is CCc1cc(C#N)c(NC(=O)c2cccc(S(=O)(=O)N3CC(C)OC(C)C3)c2)s1. The van der Waals surface area contributed by atoms with E-state index in [-0.39, 0.29) is 35.8 Å². The molecule has 7 nitrogen and oxygen atoms in total. The summed E-state index contributed by atoms with van der Waals surface area (Å²) < 4.78 is 33.1. The summed E-state index contributed by atoms with van der Waals surface area (Å²) in [5, 5.41) is 12.5. The average molecular weight is 434 g/mol. The number of morpholine rings is 1. The highest BCUT2D eigenvalue weighted by Crippen LogP contribution is 2.29. The summed E-state index contributed by atoms with van der Waals surface area (Å²) in [7, 11) is -3.75. The predicted octanol–water partition coefficient (Wildman–Crippen LogP) is 3.23. The fourth-order valence-corrected chi connectivity index (χ4v) is 5.82. The second-order valence-corrected chi connectivity index (χ2v) is 10.1. The number of amides is 1. The first kappa shape index (κ1) is 21.5. The summed E-state index contributed by atoms with van der Waals surface area (Å²) in [5.74, 6) is -0.452. The Labute approximate surface area is 175 Å². The van der Waals surface area contributed by atoms with Crippen LogP contribution in [0.15, 0.2) is 35.2 Å². The molecule has 1 aliphatic rings. The molecule has 0 saturated carbocycles. The predicted molar refractivity (Wildman–Crippen MR) is 112 cm³/mol. The maximum atomic E-state index is 13.1. The number of rotatable bonds is 5. The number of thiophene rings is 1. The van der Waals surface area contributed by atoms with E-state index >= 15 is 0 Å². The van der Waals surface area contributed by atoms with E-state index in [4.69, 9.17) is 4.74 Å². The number of hydrogen-bond donors (Lipinski definition) is 1. The van der Waals surface area contributed by atoms with Crippen LogP contribution in [0, 0.1) is 11.3 Å². The van der Waals surface area contributed by atoms with Crippen molar-refractivity contribution in [2.75, 3.05) is 18.4 Å². The number of sulfonamides is 1. The number of aryl methyl sites for hydroxylation is 1. The molecule has 2 heterocycles. The highest BCUT2D eigenvalue weighted by molar-refractivity contribution is 7.89. The molecule has 2 unspecified atom stereocenters. The number of anilines is 1. The van der Waals surface area contributed by atoms with Crippen LogP contribution in [-0.2, 0) is 21.2 Å². The van der Waals surface area contributed by atoms with E-state index in [1.807, 2.05) is 20.8 Å². The molecule has 29 heavy (non-hydrogen) atoms. The number of benzene rings is 1. The fourth-order valence-electron chi connectivity index (χ4n) is 3.24. The van der Waals surface area contributed by atoms with Crippen molar-refractivity contribution in [3.8, 4) is 6.07 Å². The van der Waals surface area contributed by atoms with Gasteiger partial charge in [-0.25, -0.2) is 8.42 Å². The van der Waals surface area contributed by atoms with Crippen molar-refractivity contribution in [2.45, 2.75) is 44.3 Å². The summed E-state index contributed by atoms with van der Waals surface area (Å²) in [6, 6.07) is 9.78. The normalized spacial score (nSPS) is 20.2. The van der Waals surface area contributed by atoms with Crippen LogP contribution in [0.2, 0.25) is 0 Å². The summed E-state index contributed by atoms with van der Waals surface area (Å²) in [4.78, 5) is 13.7. The van der Waals surface area contributed by atoms with Gasteiger partial charge in [0, 0.05) is 23.5 Å². The molecule has 2 aromatic rings. The highest BCUT2D eigenvalue weighted by atomic mass is 32.2. The lowest BCUT2D eigenvalue weighted by Gasteiger charge is -2.34. The maximum Gasteiger partial charge on any atom is 0.256 e. The molecule has 0 bridgehead atoms. The Bertz CT molecular complexity index is 1050. The minimum atomic E-state index is -3.75. The molecule has 2 atom stereocenters. The van der Waals surface area contributed by atoms with Crippen molar-refractivity contribution in [2.24, 2.45) is 0 Å². The molecule has 0 spiro atoms. The molecule has 1 aromatic carbocycles. The van der Waals surface area contributed by atoms with Gasteiger partial charge in [-0.15, -0.1) is 11.3 Å². The van der Waals surface area contributed by atoms with Crippen molar-refractivity contribution in [1.29, 1.82) is 5.26 Å². The van der Waals surface area contributed by atoms with Gasteiger partial charge in [0.05, 0.1) is 22.7 Å². The smallest absolute Gasteiger partial charge is 0.256 e. The maximum absolute atomic E-state index is 13.1. The third kappa shape index (κ3) is 4.67. The largest absolute Gasteiger partial charge is 0.373 e. The van der Waals surface area contributed by atoms with Crippen LogP contribution in [0.1, 0.15) is 41.6 Å². The van der Waals surface area contributed by atoms with Gasteiger partial charge in [0.2, 0.25) is 10.0 Å². The Balaban J connectivity index is 1.85. The first-order valence-electron chi connectivity index (χ1n) is 9.34. The Morgan fingerprint density at radius 1 is 1.31 bits per heavy atom. The van der Waals surface area contributed by atoms with Crippen molar-refractivity contribution in [1.82, 2.24) is 4.31 Å². The zero-order chi connectivity index (χ0) is 21.2. The number of carbonyl (C=O) groups excluding carboxylic acids is 1. The summed E-state index contributed by atoms with van der Waals surface area (Å²) in [6.07, 6.45) is 0.367. The number of nitrogens with zero attached hydrogens (tertiary/aromatic N) is 2. The lowest BCUT2D eigenvalue weighted by molar-refractivity contribution is -0.0440. The first-order chi connectivity index (χ1) is 13.7. The van der Waals surface area contributed by atoms with E-state index < -0.39 is 15.9 Å². The molecular formula is C20H23N3O4S2. The molecule has 3 rings (SSSR count). The number of hydrogen-bond acceptors (Lipinski definition) is 6. The van der Waals surface area contributed by atoms with Crippen LogP contribution in [0.5, 0.6) is 0 Å². The van der Waals surface area contributed by atoms with Crippen LogP contribution in [0.4, 0.5) is 5.00 Å². The van der Waals surface area contributed by atoms with Gasteiger partial charge in [-0.1, -0.05) is 13.0 Å². The van der Waals surface area contributed by atoms with Gasteiger partial charge in [0.15, 0.2) is 0 Å². The molecule has 1 amide bonds. The van der Waals surface area contributed by atoms with Gasteiger partial charge in [-0.3, -0.25) is 4.79 Å². The molecule has 9 heteroatoms. The van der Waals surface area contributed by atoms with Crippen molar-refractivity contribution < 1.29 is 17.9 Å². The summed E-state index contributed by atoms with van der Waals surface area (Å²) in [5.41, 5.74) is 0.621. The highest BCUT2D eigenvalue weighted by Gasteiger charge is 2.32. The third-order valence-corrected chi connectivity index (χ3v) is 7.62. The molecule has 154 valence electrons. The lowest BCUT2D eigenvalue weighted by Crippen LogP contribution is -2.48. The molecule has 0 radical (unpaired) electrons. The monoisotopic (exact) mass is 433 g/mol. The lowest BCUT2D eigenvalue weighted by atomic mass is 10.2. The van der Waals surface area contributed by atoms with Crippen LogP contribution < -0.4 is 5.32 Å². The molecule has 1 saturated heterocycles. The van der Waals surface area contributed by atoms with Gasteiger partial charge in [0.1, 0.15) is 11.1 Å². The molecule has 1 N–H and O–H groups in total. The Hall–Kier alpha value is -2.25. The Morgan fingerprint density at radius 3 is 2.62 bits per heavy atom. The van der Waals surface area contributed by atoms with E-state index in [0.717, 1.165) is 11.3 Å².